The Morgan fingerprint density at radius 1 is 1.55 bits per heavy atom. The topological polar surface area (TPSA) is 23.8 Å². The highest BCUT2D eigenvalue weighted by Gasteiger charge is 1.97. The van der Waals surface area contributed by atoms with Crippen molar-refractivity contribution in [2.45, 2.75) is 11.3 Å². The summed E-state index contributed by atoms with van der Waals surface area (Å²) in [4.78, 5) is 0.870. The molecule has 0 N–H and O–H groups in total. The molecule has 0 fully saturated rings. The molecule has 0 aliphatic carbocycles. The molecule has 0 heterocycles. The lowest BCUT2D eigenvalue weighted by Gasteiger charge is -1.99. The molecule has 0 aliphatic rings. The van der Waals surface area contributed by atoms with E-state index >= 15 is 0 Å². The standard InChI is InChI=1S/C8H6BrNS/c9-7-1-2-8(11)6(5-7)3-4-10/h1-2,5,11H,3H2. The van der Waals surface area contributed by atoms with Crippen molar-refractivity contribution in [1.29, 1.82) is 5.26 Å². The predicted octanol–water partition coefficient (Wildman–Crippen LogP) is 2.80. The van der Waals surface area contributed by atoms with Crippen LogP contribution in [0, 0.1) is 11.3 Å². The minimum Gasteiger partial charge on any atom is -0.198 e. The van der Waals surface area contributed by atoms with Crippen molar-refractivity contribution in [2.75, 3.05) is 0 Å². The quantitative estimate of drug-likeness (QED) is 0.734. The highest BCUT2D eigenvalue weighted by molar-refractivity contribution is 9.10. The summed E-state index contributed by atoms with van der Waals surface area (Å²) in [5, 5.41) is 8.44. The first-order chi connectivity index (χ1) is 5.24. The van der Waals surface area contributed by atoms with Crippen LogP contribution in [0.2, 0.25) is 0 Å². The smallest absolute Gasteiger partial charge is 0.0670 e. The summed E-state index contributed by atoms with van der Waals surface area (Å²) in [6.07, 6.45) is 0.415. The number of hydrogen-bond acceptors (Lipinski definition) is 2. The molecular weight excluding hydrogens is 222 g/mol. The molecule has 0 saturated carbocycles. The van der Waals surface area contributed by atoms with Crippen molar-refractivity contribution in [2.24, 2.45) is 0 Å². The number of nitriles is 1. The van der Waals surface area contributed by atoms with Crippen LogP contribution in [0.5, 0.6) is 0 Å². The molecule has 0 aliphatic heterocycles. The maximum absolute atomic E-state index is 8.44. The van der Waals surface area contributed by atoms with Gasteiger partial charge in [0.15, 0.2) is 0 Å². The number of nitrogens with zero attached hydrogens (tertiary/aromatic N) is 1. The molecule has 1 rings (SSSR count). The van der Waals surface area contributed by atoms with Crippen LogP contribution in [-0.2, 0) is 6.42 Å². The minimum absolute atomic E-state index is 0.415. The van der Waals surface area contributed by atoms with Crippen LogP contribution in [-0.4, -0.2) is 0 Å². The monoisotopic (exact) mass is 227 g/mol. The summed E-state index contributed by atoms with van der Waals surface area (Å²) in [6, 6.07) is 7.77. The molecule has 1 aromatic rings. The Kier molecular flexibility index (Phi) is 2.98. The second kappa shape index (κ2) is 3.80. The van der Waals surface area contributed by atoms with Gasteiger partial charge in [0.25, 0.3) is 0 Å². The molecule has 0 spiro atoms. The average Bonchev–Trinajstić information content (AvgIpc) is 1.98. The van der Waals surface area contributed by atoms with Crippen molar-refractivity contribution in [3.8, 4) is 6.07 Å². The van der Waals surface area contributed by atoms with Crippen molar-refractivity contribution >= 4 is 28.6 Å². The van der Waals surface area contributed by atoms with E-state index in [2.05, 4.69) is 34.6 Å². The van der Waals surface area contributed by atoms with E-state index in [-0.39, 0.29) is 0 Å². The van der Waals surface area contributed by atoms with Gasteiger partial charge in [-0.25, -0.2) is 0 Å². The molecular formula is C8H6BrNS. The molecule has 0 bridgehead atoms. The summed E-state index contributed by atoms with van der Waals surface area (Å²) < 4.78 is 0.987. The lowest BCUT2D eigenvalue weighted by atomic mass is 10.2. The van der Waals surface area contributed by atoms with E-state index in [1.165, 1.54) is 0 Å². The van der Waals surface area contributed by atoms with Gasteiger partial charge in [-0.2, -0.15) is 5.26 Å². The summed E-state index contributed by atoms with van der Waals surface area (Å²) in [6.45, 7) is 0. The zero-order valence-corrected chi connectivity index (χ0v) is 8.19. The van der Waals surface area contributed by atoms with Crippen molar-refractivity contribution in [3.05, 3.63) is 28.2 Å². The Labute approximate surface area is 79.6 Å². The number of halogens is 1. The van der Waals surface area contributed by atoms with Crippen LogP contribution < -0.4 is 0 Å². The summed E-state index contributed by atoms with van der Waals surface area (Å²) in [5.74, 6) is 0. The Morgan fingerprint density at radius 3 is 2.91 bits per heavy atom. The molecule has 0 atom stereocenters. The Hall–Kier alpha value is -0.460. The van der Waals surface area contributed by atoms with E-state index in [1.54, 1.807) is 0 Å². The molecule has 0 radical (unpaired) electrons. The van der Waals surface area contributed by atoms with E-state index in [0.29, 0.717) is 6.42 Å². The van der Waals surface area contributed by atoms with E-state index < -0.39 is 0 Å². The van der Waals surface area contributed by atoms with Crippen molar-refractivity contribution in [1.82, 2.24) is 0 Å². The van der Waals surface area contributed by atoms with Crippen LogP contribution >= 0.6 is 28.6 Å². The molecule has 11 heavy (non-hydrogen) atoms. The first-order valence-electron chi connectivity index (χ1n) is 3.08. The number of rotatable bonds is 1. The van der Waals surface area contributed by atoms with Crippen LogP contribution in [0.15, 0.2) is 27.6 Å². The SMILES string of the molecule is N#CCc1cc(Br)ccc1S. The van der Waals surface area contributed by atoms with Crippen LogP contribution in [0.25, 0.3) is 0 Å². The maximum Gasteiger partial charge on any atom is 0.0670 e. The highest BCUT2D eigenvalue weighted by atomic mass is 79.9. The van der Waals surface area contributed by atoms with Gasteiger partial charge in [0.2, 0.25) is 0 Å². The van der Waals surface area contributed by atoms with Gasteiger partial charge in [0, 0.05) is 9.37 Å². The van der Waals surface area contributed by atoms with Crippen LogP contribution in [0.4, 0.5) is 0 Å². The van der Waals surface area contributed by atoms with E-state index in [1.807, 2.05) is 18.2 Å². The Balaban J connectivity index is 3.05. The van der Waals surface area contributed by atoms with Crippen LogP contribution in [0.3, 0.4) is 0 Å². The number of thiol groups is 1. The molecule has 56 valence electrons. The first-order valence-corrected chi connectivity index (χ1v) is 4.32. The highest BCUT2D eigenvalue weighted by Crippen LogP contribution is 2.19. The normalized spacial score (nSPS) is 9.18. The second-order valence-electron chi connectivity index (χ2n) is 2.11. The molecule has 1 aromatic carbocycles. The van der Waals surface area contributed by atoms with Gasteiger partial charge in [-0.15, -0.1) is 12.6 Å². The van der Waals surface area contributed by atoms with Gasteiger partial charge in [-0.05, 0) is 23.8 Å². The average molecular weight is 228 g/mol. The lowest BCUT2D eigenvalue weighted by molar-refractivity contribution is 1.18. The molecule has 3 heteroatoms. The van der Waals surface area contributed by atoms with Gasteiger partial charge in [0.1, 0.15) is 0 Å². The minimum atomic E-state index is 0.415. The van der Waals surface area contributed by atoms with E-state index in [0.717, 1.165) is 14.9 Å². The largest absolute Gasteiger partial charge is 0.198 e. The predicted molar refractivity (Wildman–Crippen MR) is 50.7 cm³/mol. The number of hydrogen-bond donors (Lipinski definition) is 1. The fourth-order valence-electron chi connectivity index (χ4n) is 0.781. The van der Waals surface area contributed by atoms with Crippen molar-refractivity contribution in [3.63, 3.8) is 0 Å². The molecule has 0 saturated heterocycles. The third-order valence-corrected chi connectivity index (χ3v) is 2.24. The van der Waals surface area contributed by atoms with Gasteiger partial charge in [-0.1, -0.05) is 15.9 Å². The van der Waals surface area contributed by atoms with E-state index in [4.69, 9.17) is 5.26 Å². The van der Waals surface area contributed by atoms with Gasteiger partial charge >= 0.3 is 0 Å². The zero-order chi connectivity index (χ0) is 8.27. The third-order valence-electron chi connectivity index (χ3n) is 1.31. The van der Waals surface area contributed by atoms with Gasteiger partial charge in [0.05, 0.1) is 12.5 Å². The van der Waals surface area contributed by atoms with Gasteiger partial charge < -0.3 is 0 Å². The summed E-state index contributed by atoms with van der Waals surface area (Å²) in [7, 11) is 0. The third kappa shape index (κ3) is 2.25. The summed E-state index contributed by atoms with van der Waals surface area (Å²) >= 11 is 7.53. The zero-order valence-electron chi connectivity index (χ0n) is 5.71. The molecule has 0 amide bonds. The maximum atomic E-state index is 8.44. The van der Waals surface area contributed by atoms with E-state index in [9.17, 15) is 0 Å². The lowest BCUT2D eigenvalue weighted by Crippen LogP contribution is -1.83. The molecule has 0 aromatic heterocycles. The Morgan fingerprint density at radius 2 is 2.27 bits per heavy atom. The van der Waals surface area contributed by atoms with Gasteiger partial charge in [-0.3, -0.25) is 0 Å². The summed E-state index contributed by atoms with van der Waals surface area (Å²) in [5.41, 5.74) is 0.963. The fourth-order valence-corrected chi connectivity index (χ4v) is 1.41. The molecule has 0 unspecified atom stereocenters. The molecule has 1 nitrogen and oxygen atoms in total. The number of benzene rings is 1. The second-order valence-corrected chi connectivity index (χ2v) is 3.51. The Bertz CT molecular complexity index is 303. The fraction of sp³-hybridized carbons (Fsp3) is 0.125. The van der Waals surface area contributed by atoms with Crippen molar-refractivity contribution < 1.29 is 0 Å². The van der Waals surface area contributed by atoms with Crippen LogP contribution in [0.1, 0.15) is 5.56 Å². The first kappa shape index (κ1) is 8.63.